The van der Waals surface area contributed by atoms with Crippen molar-refractivity contribution in [2.24, 2.45) is 0 Å². The van der Waals surface area contributed by atoms with Gasteiger partial charge in [0.05, 0.1) is 18.1 Å². The van der Waals surface area contributed by atoms with Crippen molar-refractivity contribution in [3.8, 4) is 11.6 Å². The van der Waals surface area contributed by atoms with Gasteiger partial charge in [0.25, 0.3) is 0 Å². The molecule has 1 fully saturated rings. The maximum Gasteiger partial charge on any atom is 0.237 e. The van der Waals surface area contributed by atoms with Crippen molar-refractivity contribution in [3.63, 3.8) is 0 Å². The van der Waals surface area contributed by atoms with Gasteiger partial charge in [-0.1, -0.05) is 12.1 Å². The van der Waals surface area contributed by atoms with E-state index in [9.17, 15) is 4.39 Å². The zero-order valence-electron chi connectivity index (χ0n) is 11.3. The Morgan fingerprint density at radius 2 is 2.15 bits per heavy atom. The molecule has 0 bridgehead atoms. The Kier molecular flexibility index (Phi) is 3.60. The highest BCUT2D eigenvalue weighted by atomic mass is 19.1. The minimum Gasteiger partial charge on any atom is -0.434 e. The van der Waals surface area contributed by atoms with Crippen LogP contribution in [0, 0.1) is 12.7 Å². The third-order valence-electron chi connectivity index (χ3n) is 3.20. The first-order chi connectivity index (χ1) is 9.72. The number of aromatic nitrogens is 2. The van der Waals surface area contributed by atoms with Crippen LogP contribution in [0.15, 0.2) is 30.6 Å². The van der Waals surface area contributed by atoms with Crippen LogP contribution < -0.4 is 10.1 Å². The Hall–Kier alpha value is -2.01. The topological polar surface area (TPSA) is 47.0 Å². The predicted octanol–water partition coefficient (Wildman–Crippen LogP) is 2.97. The first-order valence-electron chi connectivity index (χ1n) is 6.69. The summed E-state index contributed by atoms with van der Waals surface area (Å²) in [5, 5.41) is 3.36. The highest BCUT2D eigenvalue weighted by Gasteiger charge is 2.20. The van der Waals surface area contributed by atoms with Crippen molar-refractivity contribution in [1.29, 1.82) is 0 Å². The van der Waals surface area contributed by atoms with Gasteiger partial charge in [-0.15, -0.1) is 0 Å². The van der Waals surface area contributed by atoms with Crippen LogP contribution in [-0.4, -0.2) is 16.0 Å². The molecule has 4 nitrogen and oxygen atoms in total. The van der Waals surface area contributed by atoms with Crippen LogP contribution in [0.25, 0.3) is 0 Å². The monoisotopic (exact) mass is 273 g/mol. The summed E-state index contributed by atoms with van der Waals surface area (Å²) < 4.78 is 19.2. The third kappa shape index (κ3) is 3.11. The molecule has 0 unspecified atom stereocenters. The van der Waals surface area contributed by atoms with Crippen LogP contribution >= 0.6 is 0 Å². The standard InChI is InChI=1S/C15H16FN3O/c1-10-3-2-4-13(15(10)16)20-14-9-18-12(8-19-14)7-17-11-5-6-11/h2-4,8-9,11,17H,5-7H2,1H3. The summed E-state index contributed by atoms with van der Waals surface area (Å²) in [5.41, 5.74) is 1.40. The van der Waals surface area contributed by atoms with E-state index in [1.807, 2.05) is 0 Å². The Labute approximate surface area is 117 Å². The van der Waals surface area contributed by atoms with E-state index in [0.29, 0.717) is 24.0 Å². The molecule has 0 radical (unpaired) electrons. The maximum absolute atomic E-state index is 13.8. The summed E-state index contributed by atoms with van der Waals surface area (Å²) in [4.78, 5) is 8.41. The molecule has 5 heteroatoms. The lowest BCUT2D eigenvalue weighted by Gasteiger charge is -2.07. The molecular formula is C15H16FN3O. The second kappa shape index (κ2) is 5.54. The summed E-state index contributed by atoms with van der Waals surface area (Å²) in [7, 11) is 0. The molecule has 20 heavy (non-hydrogen) atoms. The van der Waals surface area contributed by atoms with Crippen LogP contribution in [0.5, 0.6) is 11.6 Å². The number of ether oxygens (including phenoxy) is 1. The molecule has 3 rings (SSSR count). The first kappa shape index (κ1) is 13.0. The van der Waals surface area contributed by atoms with Gasteiger partial charge >= 0.3 is 0 Å². The van der Waals surface area contributed by atoms with Gasteiger partial charge in [0.15, 0.2) is 11.6 Å². The summed E-state index contributed by atoms with van der Waals surface area (Å²) in [6.45, 7) is 2.40. The van der Waals surface area contributed by atoms with Crippen LogP contribution in [0.1, 0.15) is 24.1 Å². The quantitative estimate of drug-likeness (QED) is 0.909. The fraction of sp³-hybridized carbons (Fsp3) is 0.333. The lowest BCUT2D eigenvalue weighted by Crippen LogP contribution is -2.16. The predicted molar refractivity (Wildman–Crippen MR) is 73.1 cm³/mol. The van der Waals surface area contributed by atoms with Gasteiger partial charge in [0.1, 0.15) is 0 Å². The number of nitrogens with one attached hydrogen (secondary N) is 1. The SMILES string of the molecule is Cc1cccc(Oc2cnc(CNC3CC3)cn2)c1F. The van der Waals surface area contributed by atoms with E-state index in [-0.39, 0.29) is 11.6 Å². The van der Waals surface area contributed by atoms with Gasteiger partial charge in [-0.3, -0.25) is 4.98 Å². The van der Waals surface area contributed by atoms with E-state index in [4.69, 9.17) is 4.74 Å². The molecule has 0 aliphatic heterocycles. The molecule has 0 saturated heterocycles. The molecule has 0 spiro atoms. The molecule has 1 heterocycles. The van der Waals surface area contributed by atoms with Crippen molar-refractivity contribution in [2.45, 2.75) is 32.4 Å². The number of benzene rings is 1. The molecule has 1 aromatic carbocycles. The maximum atomic E-state index is 13.8. The second-order valence-electron chi connectivity index (χ2n) is 4.99. The molecule has 1 aliphatic rings. The number of halogens is 1. The number of nitrogens with zero attached hydrogens (tertiary/aromatic N) is 2. The molecule has 0 atom stereocenters. The van der Waals surface area contributed by atoms with Gasteiger partial charge in [-0.2, -0.15) is 0 Å². The molecule has 1 N–H and O–H groups in total. The van der Waals surface area contributed by atoms with Crippen molar-refractivity contribution < 1.29 is 9.13 Å². The smallest absolute Gasteiger partial charge is 0.237 e. The average Bonchev–Trinajstić information content (AvgIpc) is 3.27. The van der Waals surface area contributed by atoms with E-state index in [2.05, 4.69) is 15.3 Å². The van der Waals surface area contributed by atoms with E-state index < -0.39 is 0 Å². The Bertz CT molecular complexity index is 597. The van der Waals surface area contributed by atoms with Crippen molar-refractivity contribution >= 4 is 0 Å². The molecule has 2 aromatic rings. The van der Waals surface area contributed by atoms with E-state index in [0.717, 1.165) is 5.69 Å². The largest absolute Gasteiger partial charge is 0.434 e. The van der Waals surface area contributed by atoms with Gasteiger partial charge in [0.2, 0.25) is 5.88 Å². The lowest BCUT2D eigenvalue weighted by atomic mass is 10.2. The van der Waals surface area contributed by atoms with E-state index >= 15 is 0 Å². The summed E-state index contributed by atoms with van der Waals surface area (Å²) in [6.07, 6.45) is 5.65. The van der Waals surface area contributed by atoms with Crippen LogP contribution in [-0.2, 0) is 6.54 Å². The van der Waals surface area contributed by atoms with Crippen molar-refractivity contribution in [1.82, 2.24) is 15.3 Å². The number of rotatable bonds is 5. The van der Waals surface area contributed by atoms with Crippen LogP contribution in [0.2, 0.25) is 0 Å². The van der Waals surface area contributed by atoms with Crippen LogP contribution in [0.3, 0.4) is 0 Å². The summed E-state index contributed by atoms with van der Waals surface area (Å²) in [5.74, 6) is 0.0987. The Balaban J connectivity index is 1.66. The number of hydrogen-bond donors (Lipinski definition) is 1. The van der Waals surface area contributed by atoms with E-state index in [1.165, 1.54) is 19.0 Å². The molecule has 1 saturated carbocycles. The second-order valence-corrected chi connectivity index (χ2v) is 4.99. The molecule has 0 amide bonds. The first-order valence-corrected chi connectivity index (χ1v) is 6.69. The fourth-order valence-corrected chi connectivity index (χ4v) is 1.84. The van der Waals surface area contributed by atoms with Gasteiger partial charge in [-0.25, -0.2) is 9.37 Å². The normalized spacial score (nSPS) is 14.3. The highest BCUT2D eigenvalue weighted by molar-refractivity contribution is 5.32. The lowest BCUT2D eigenvalue weighted by molar-refractivity contribution is 0.422. The molecule has 1 aromatic heterocycles. The Morgan fingerprint density at radius 1 is 1.30 bits per heavy atom. The van der Waals surface area contributed by atoms with E-state index in [1.54, 1.807) is 31.3 Å². The zero-order valence-corrected chi connectivity index (χ0v) is 11.3. The van der Waals surface area contributed by atoms with Gasteiger partial charge in [0, 0.05) is 12.6 Å². The number of hydrogen-bond acceptors (Lipinski definition) is 4. The average molecular weight is 273 g/mol. The zero-order chi connectivity index (χ0) is 13.9. The fourth-order valence-electron chi connectivity index (χ4n) is 1.84. The minimum absolute atomic E-state index is 0.170. The van der Waals surface area contributed by atoms with Crippen molar-refractivity contribution in [3.05, 3.63) is 47.7 Å². The van der Waals surface area contributed by atoms with Gasteiger partial charge in [-0.05, 0) is 31.4 Å². The highest BCUT2D eigenvalue weighted by Crippen LogP contribution is 2.24. The summed E-state index contributed by atoms with van der Waals surface area (Å²) >= 11 is 0. The van der Waals surface area contributed by atoms with Gasteiger partial charge < -0.3 is 10.1 Å². The summed E-state index contributed by atoms with van der Waals surface area (Å²) in [6, 6.07) is 5.65. The Morgan fingerprint density at radius 3 is 2.85 bits per heavy atom. The van der Waals surface area contributed by atoms with Crippen LogP contribution in [0.4, 0.5) is 4.39 Å². The van der Waals surface area contributed by atoms with Crippen molar-refractivity contribution in [2.75, 3.05) is 0 Å². The molecule has 1 aliphatic carbocycles. The third-order valence-corrected chi connectivity index (χ3v) is 3.20. The molecular weight excluding hydrogens is 257 g/mol. The molecule has 104 valence electrons. The number of aryl methyl sites for hydroxylation is 1. The minimum atomic E-state index is -0.367.